The predicted octanol–water partition coefficient (Wildman–Crippen LogP) is 2.48. The summed E-state index contributed by atoms with van der Waals surface area (Å²) in [5.41, 5.74) is 1.52. The standard InChI is InChI=1S/C22H20N2O5/c1-3-22(27)15-9-17-19-12(10-24(17)20(25)14(15)11-29-21(22)26)8-13-16(23-19)6-5-7-18(13)28-4-2/h5-9,27H,3-4,10-11H2,1-2H3/t22-/m0/s1. The van der Waals surface area contributed by atoms with Crippen molar-refractivity contribution in [3.63, 3.8) is 0 Å². The molecule has 3 aromatic rings. The van der Waals surface area contributed by atoms with Gasteiger partial charge >= 0.3 is 5.97 Å². The van der Waals surface area contributed by atoms with Crippen LogP contribution < -0.4 is 10.3 Å². The zero-order valence-electron chi connectivity index (χ0n) is 16.2. The highest BCUT2D eigenvalue weighted by atomic mass is 16.6. The average Bonchev–Trinajstić information content (AvgIpc) is 3.08. The molecule has 0 amide bonds. The van der Waals surface area contributed by atoms with Crippen molar-refractivity contribution in [1.82, 2.24) is 9.55 Å². The smallest absolute Gasteiger partial charge is 0.343 e. The fourth-order valence-electron chi connectivity index (χ4n) is 4.26. The van der Waals surface area contributed by atoms with Gasteiger partial charge in [0, 0.05) is 16.5 Å². The molecule has 0 radical (unpaired) electrons. The van der Waals surface area contributed by atoms with E-state index in [1.807, 2.05) is 31.2 Å². The highest BCUT2D eigenvalue weighted by molar-refractivity contribution is 5.89. The van der Waals surface area contributed by atoms with Crippen LogP contribution in [0.2, 0.25) is 0 Å². The van der Waals surface area contributed by atoms with Crippen molar-refractivity contribution < 1.29 is 19.4 Å². The molecule has 148 valence electrons. The summed E-state index contributed by atoms with van der Waals surface area (Å²) >= 11 is 0. The van der Waals surface area contributed by atoms with E-state index < -0.39 is 11.6 Å². The molecule has 0 saturated carbocycles. The number of aliphatic hydroxyl groups is 1. The number of fused-ring (bicyclic) bond motifs is 5. The van der Waals surface area contributed by atoms with Gasteiger partial charge in [-0.2, -0.15) is 0 Å². The summed E-state index contributed by atoms with van der Waals surface area (Å²) in [6.07, 6.45) is 0.122. The van der Waals surface area contributed by atoms with Gasteiger partial charge in [-0.25, -0.2) is 9.78 Å². The van der Waals surface area contributed by atoms with E-state index in [2.05, 4.69) is 0 Å². The second-order valence-corrected chi connectivity index (χ2v) is 7.36. The normalized spacial score (nSPS) is 19.5. The van der Waals surface area contributed by atoms with E-state index in [9.17, 15) is 14.7 Å². The third-order valence-electron chi connectivity index (χ3n) is 5.81. The Bertz CT molecular complexity index is 1250. The molecule has 0 aliphatic carbocycles. The highest BCUT2D eigenvalue weighted by Gasteiger charge is 2.45. The lowest BCUT2D eigenvalue weighted by Crippen LogP contribution is -2.44. The average molecular weight is 392 g/mol. The number of aromatic nitrogens is 2. The van der Waals surface area contributed by atoms with Gasteiger partial charge in [-0.3, -0.25) is 4.79 Å². The summed E-state index contributed by atoms with van der Waals surface area (Å²) in [4.78, 5) is 30.2. The fraction of sp³-hybridized carbons (Fsp3) is 0.318. The van der Waals surface area contributed by atoms with Crippen LogP contribution in [0.25, 0.3) is 22.3 Å². The van der Waals surface area contributed by atoms with Gasteiger partial charge in [0.2, 0.25) is 0 Å². The Morgan fingerprint density at radius 3 is 2.86 bits per heavy atom. The lowest BCUT2D eigenvalue weighted by atomic mass is 9.86. The first-order chi connectivity index (χ1) is 14.0. The monoisotopic (exact) mass is 392 g/mol. The second kappa shape index (κ2) is 6.15. The molecule has 0 fully saturated rings. The zero-order chi connectivity index (χ0) is 20.3. The Morgan fingerprint density at radius 2 is 2.10 bits per heavy atom. The van der Waals surface area contributed by atoms with E-state index in [4.69, 9.17) is 14.5 Å². The van der Waals surface area contributed by atoms with Gasteiger partial charge in [-0.1, -0.05) is 13.0 Å². The molecule has 2 aliphatic rings. The molecule has 1 atom stereocenters. The van der Waals surface area contributed by atoms with Crippen LogP contribution in [-0.4, -0.2) is 27.2 Å². The molecule has 7 nitrogen and oxygen atoms in total. The Balaban J connectivity index is 1.76. The number of hydrogen-bond acceptors (Lipinski definition) is 6. The summed E-state index contributed by atoms with van der Waals surface area (Å²) < 4.78 is 12.4. The third kappa shape index (κ3) is 2.37. The number of ether oxygens (including phenoxy) is 2. The molecule has 4 heterocycles. The maximum Gasteiger partial charge on any atom is 0.343 e. The number of esters is 1. The largest absolute Gasteiger partial charge is 0.493 e. The summed E-state index contributed by atoms with van der Waals surface area (Å²) in [6.45, 7) is 4.41. The van der Waals surface area contributed by atoms with E-state index in [0.717, 1.165) is 22.2 Å². The minimum Gasteiger partial charge on any atom is -0.493 e. The first kappa shape index (κ1) is 17.9. The summed E-state index contributed by atoms with van der Waals surface area (Å²) in [6, 6.07) is 9.40. The molecule has 5 rings (SSSR count). The molecular formula is C22H20N2O5. The molecule has 1 aromatic carbocycles. The summed E-state index contributed by atoms with van der Waals surface area (Å²) in [5.74, 6) is 0.0325. The molecule has 7 heteroatoms. The topological polar surface area (TPSA) is 90.7 Å². The van der Waals surface area contributed by atoms with Gasteiger partial charge in [-0.15, -0.1) is 0 Å². The van der Waals surface area contributed by atoms with Crippen LogP contribution in [0.15, 0.2) is 35.1 Å². The third-order valence-corrected chi connectivity index (χ3v) is 5.81. The van der Waals surface area contributed by atoms with Crippen LogP contribution in [0.3, 0.4) is 0 Å². The van der Waals surface area contributed by atoms with Crippen LogP contribution in [0, 0.1) is 0 Å². The molecule has 0 bridgehead atoms. The predicted molar refractivity (Wildman–Crippen MR) is 106 cm³/mol. The van der Waals surface area contributed by atoms with Gasteiger partial charge in [0.05, 0.1) is 35.6 Å². The Morgan fingerprint density at radius 1 is 1.28 bits per heavy atom. The first-order valence-electron chi connectivity index (χ1n) is 9.70. The van der Waals surface area contributed by atoms with Gasteiger partial charge < -0.3 is 19.1 Å². The van der Waals surface area contributed by atoms with Gasteiger partial charge in [0.15, 0.2) is 5.60 Å². The number of rotatable bonds is 3. The molecule has 0 unspecified atom stereocenters. The van der Waals surface area contributed by atoms with Gasteiger partial charge in [0.1, 0.15) is 12.4 Å². The first-order valence-corrected chi connectivity index (χ1v) is 9.70. The quantitative estimate of drug-likeness (QED) is 0.539. The Labute approximate surface area is 166 Å². The molecule has 0 spiro atoms. The van der Waals surface area contributed by atoms with Gasteiger partial charge in [-0.05, 0) is 37.6 Å². The molecular weight excluding hydrogens is 372 g/mol. The number of hydrogen-bond donors (Lipinski definition) is 1. The number of carbonyl (C=O) groups is 1. The van der Waals surface area contributed by atoms with Gasteiger partial charge in [0.25, 0.3) is 5.56 Å². The van der Waals surface area contributed by atoms with E-state index in [1.165, 1.54) is 0 Å². The van der Waals surface area contributed by atoms with Crippen molar-refractivity contribution in [2.24, 2.45) is 0 Å². The maximum atomic E-state index is 13.2. The minimum atomic E-state index is -1.82. The summed E-state index contributed by atoms with van der Waals surface area (Å²) in [7, 11) is 0. The van der Waals surface area contributed by atoms with Crippen LogP contribution in [-0.2, 0) is 28.3 Å². The fourth-order valence-corrected chi connectivity index (χ4v) is 4.26. The van der Waals surface area contributed by atoms with Crippen molar-refractivity contribution >= 4 is 16.9 Å². The van der Waals surface area contributed by atoms with E-state index in [1.54, 1.807) is 17.6 Å². The maximum absolute atomic E-state index is 13.2. The van der Waals surface area contributed by atoms with Crippen molar-refractivity contribution in [3.8, 4) is 17.1 Å². The SMILES string of the molecule is CCOc1cccc2nc3c(cc12)Cn1c-3cc2c(c1=O)COC(=O)[C@]2(O)CC. The van der Waals surface area contributed by atoms with E-state index in [0.29, 0.717) is 35.7 Å². The molecule has 2 aliphatic heterocycles. The minimum absolute atomic E-state index is 0.122. The number of cyclic esters (lactones) is 1. The number of pyridine rings is 2. The van der Waals surface area contributed by atoms with Crippen molar-refractivity contribution in [3.05, 3.63) is 57.4 Å². The molecule has 0 saturated heterocycles. The van der Waals surface area contributed by atoms with Crippen molar-refractivity contribution in [2.45, 2.75) is 39.0 Å². The zero-order valence-corrected chi connectivity index (χ0v) is 16.2. The Kier molecular flexibility index (Phi) is 3.79. The lowest BCUT2D eigenvalue weighted by molar-refractivity contribution is -0.172. The van der Waals surface area contributed by atoms with E-state index in [-0.39, 0.29) is 18.6 Å². The highest BCUT2D eigenvalue weighted by Crippen LogP contribution is 2.39. The molecule has 29 heavy (non-hydrogen) atoms. The van der Waals surface area contributed by atoms with Crippen LogP contribution in [0.1, 0.15) is 37.0 Å². The molecule has 1 N–H and O–H groups in total. The summed E-state index contributed by atoms with van der Waals surface area (Å²) in [5, 5.41) is 11.8. The molecule has 2 aromatic heterocycles. The van der Waals surface area contributed by atoms with Crippen molar-refractivity contribution in [2.75, 3.05) is 6.61 Å². The van der Waals surface area contributed by atoms with Crippen LogP contribution in [0.5, 0.6) is 5.75 Å². The van der Waals surface area contributed by atoms with Crippen LogP contribution >= 0.6 is 0 Å². The number of nitrogens with zero attached hydrogens (tertiary/aromatic N) is 2. The van der Waals surface area contributed by atoms with Crippen molar-refractivity contribution in [1.29, 1.82) is 0 Å². The number of benzene rings is 1. The Hall–Kier alpha value is -3.19. The lowest BCUT2D eigenvalue weighted by Gasteiger charge is -2.31. The van der Waals surface area contributed by atoms with E-state index >= 15 is 0 Å². The number of carbonyl (C=O) groups excluding carboxylic acids is 1. The van der Waals surface area contributed by atoms with Crippen LogP contribution in [0.4, 0.5) is 0 Å². The second-order valence-electron chi connectivity index (χ2n) is 7.36.